The summed E-state index contributed by atoms with van der Waals surface area (Å²) in [6, 6.07) is 6.48. The molecule has 0 aromatic heterocycles. The van der Waals surface area contributed by atoms with Crippen LogP contribution < -0.4 is 0 Å². The summed E-state index contributed by atoms with van der Waals surface area (Å²) in [5, 5.41) is 22.1. The molecule has 0 heterocycles. The largest absolute Gasteiger partial charge is 0.274 e. The smallest absolute Gasteiger partial charge is 0.258 e. The summed E-state index contributed by atoms with van der Waals surface area (Å²) in [6.07, 6.45) is 1.69. The number of hydrogen-bond donors (Lipinski definition) is 0. The number of nitriles is 1. The van der Waals surface area contributed by atoms with E-state index in [0.29, 0.717) is 17.7 Å². The molecule has 5 nitrogen and oxygen atoms in total. The van der Waals surface area contributed by atoms with E-state index >= 15 is 0 Å². The minimum Gasteiger partial charge on any atom is -0.258 e. The van der Waals surface area contributed by atoms with Crippen molar-refractivity contribution in [3.8, 4) is 6.07 Å². The number of benzene rings is 1. The molecule has 0 saturated heterocycles. The molecule has 1 aliphatic rings. The van der Waals surface area contributed by atoms with Crippen LogP contribution in [0, 0.1) is 21.4 Å². The Morgan fingerprint density at radius 1 is 1.56 bits per heavy atom. The molecule has 0 atom stereocenters. The van der Waals surface area contributed by atoms with Crippen LogP contribution in [0.4, 0.5) is 5.69 Å². The fourth-order valence-electron chi connectivity index (χ4n) is 2.05. The zero-order valence-corrected chi connectivity index (χ0v) is 10.2. The van der Waals surface area contributed by atoms with Gasteiger partial charge in [0.2, 0.25) is 0 Å². The number of thiocarbonyl (C=S) groups is 1. The van der Waals surface area contributed by atoms with Crippen LogP contribution in [-0.2, 0) is 5.41 Å². The quantitative estimate of drug-likeness (QED) is 0.360. The molecule has 0 unspecified atom stereocenters. The van der Waals surface area contributed by atoms with Gasteiger partial charge in [-0.05, 0) is 31.1 Å². The van der Waals surface area contributed by atoms with Crippen molar-refractivity contribution in [2.24, 2.45) is 4.99 Å². The molecular weight excluding hydrogens is 250 g/mol. The third-order valence-corrected chi connectivity index (χ3v) is 3.32. The van der Waals surface area contributed by atoms with E-state index < -0.39 is 4.92 Å². The topological polar surface area (TPSA) is 79.3 Å². The lowest BCUT2D eigenvalue weighted by Gasteiger charge is -2.12. The fraction of sp³-hybridized carbons (Fsp3) is 0.333. The number of nitro groups is 1. The van der Waals surface area contributed by atoms with E-state index in [4.69, 9.17) is 5.26 Å². The minimum absolute atomic E-state index is 0.00822. The van der Waals surface area contributed by atoms with Gasteiger partial charge in [0.15, 0.2) is 0 Å². The van der Waals surface area contributed by atoms with Crippen LogP contribution in [0.1, 0.15) is 24.0 Å². The Hall–Kier alpha value is -2.09. The predicted molar refractivity (Wildman–Crippen MR) is 68.6 cm³/mol. The van der Waals surface area contributed by atoms with Crippen molar-refractivity contribution < 1.29 is 4.92 Å². The summed E-state index contributed by atoms with van der Waals surface area (Å²) in [7, 11) is 0. The van der Waals surface area contributed by atoms with Gasteiger partial charge in [-0.3, -0.25) is 10.1 Å². The lowest BCUT2D eigenvalue weighted by molar-refractivity contribution is -0.385. The molecule has 1 fully saturated rings. The first kappa shape index (κ1) is 12.4. The molecule has 90 valence electrons. The normalized spacial score (nSPS) is 15.3. The Labute approximate surface area is 109 Å². The number of aliphatic imine (C=N–C) groups is 1. The number of rotatable bonds is 4. The number of hydrogen-bond acceptors (Lipinski definition) is 5. The molecule has 2 rings (SSSR count). The van der Waals surface area contributed by atoms with Crippen LogP contribution in [0.15, 0.2) is 23.2 Å². The standard InChI is InChI=1S/C12H9N3O2S/c13-6-9-1-2-10(11(5-9)15(16)17)12(3-4-12)7-14-8-18/h1-2,5H,3-4,7H2. The van der Waals surface area contributed by atoms with Crippen LogP contribution in [-0.4, -0.2) is 16.6 Å². The average Bonchev–Trinajstić information content (AvgIpc) is 3.16. The van der Waals surface area contributed by atoms with E-state index in [1.54, 1.807) is 12.1 Å². The van der Waals surface area contributed by atoms with Gasteiger partial charge >= 0.3 is 0 Å². The van der Waals surface area contributed by atoms with Crippen LogP contribution in [0.3, 0.4) is 0 Å². The second-order valence-corrected chi connectivity index (χ2v) is 4.47. The molecule has 1 aromatic rings. The maximum atomic E-state index is 11.1. The molecule has 18 heavy (non-hydrogen) atoms. The fourth-order valence-corrected chi connectivity index (χ4v) is 2.11. The van der Waals surface area contributed by atoms with E-state index in [0.717, 1.165) is 12.8 Å². The molecule has 1 aliphatic carbocycles. The Kier molecular flexibility index (Phi) is 3.19. The minimum atomic E-state index is -0.447. The van der Waals surface area contributed by atoms with Gasteiger partial charge in [-0.15, -0.1) is 0 Å². The van der Waals surface area contributed by atoms with Crippen molar-refractivity contribution in [1.29, 1.82) is 5.26 Å². The highest BCUT2D eigenvalue weighted by molar-refractivity contribution is 7.78. The summed E-state index contributed by atoms with van der Waals surface area (Å²) in [6.45, 7) is 0.420. The lowest BCUT2D eigenvalue weighted by atomic mass is 9.93. The van der Waals surface area contributed by atoms with E-state index in [1.165, 1.54) is 6.07 Å². The van der Waals surface area contributed by atoms with Crippen LogP contribution >= 0.6 is 12.2 Å². The summed E-state index contributed by atoms with van der Waals surface area (Å²) in [5.41, 5.74) is 0.633. The monoisotopic (exact) mass is 259 g/mol. The Balaban J connectivity index is 2.48. The molecule has 1 saturated carbocycles. The second kappa shape index (κ2) is 4.65. The first-order valence-corrected chi connectivity index (χ1v) is 5.76. The predicted octanol–water partition coefficient (Wildman–Crippen LogP) is 2.60. The van der Waals surface area contributed by atoms with Crippen molar-refractivity contribution in [1.82, 2.24) is 0 Å². The Morgan fingerprint density at radius 2 is 2.28 bits per heavy atom. The third-order valence-electron chi connectivity index (χ3n) is 3.19. The lowest BCUT2D eigenvalue weighted by Crippen LogP contribution is -2.13. The molecule has 1 aromatic carbocycles. The van der Waals surface area contributed by atoms with Gasteiger partial charge in [0.25, 0.3) is 5.69 Å². The maximum absolute atomic E-state index is 11.1. The molecule has 0 spiro atoms. The highest BCUT2D eigenvalue weighted by Crippen LogP contribution is 2.51. The number of isothiocyanates is 1. The van der Waals surface area contributed by atoms with Crippen molar-refractivity contribution in [3.63, 3.8) is 0 Å². The van der Waals surface area contributed by atoms with E-state index in [2.05, 4.69) is 22.4 Å². The van der Waals surface area contributed by atoms with E-state index in [1.807, 2.05) is 6.07 Å². The third kappa shape index (κ3) is 2.14. The molecule has 0 bridgehead atoms. The van der Waals surface area contributed by atoms with Gasteiger partial charge in [-0.1, -0.05) is 6.07 Å². The van der Waals surface area contributed by atoms with Crippen molar-refractivity contribution in [2.45, 2.75) is 18.3 Å². The molecular formula is C12H9N3O2S. The highest BCUT2D eigenvalue weighted by atomic mass is 32.1. The maximum Gasteiger partial charge on any atom is 0.274 e. The highest BCUT2D eigenvalue weighted by Gasteiger charge is 2.48. The molecule has 0 N–H and O–H groups in total. The van der Waals surface area contributed by atoms with E-state index in [-0.39, 0.29) is 11.1 Å². The Bertz CT molecular complexity index is 596. The van der Waals surface area contributed by atoms with Crippen molar-refractivity contribution in [3.05, 3.63) is 39.4 Å². The van der Waals surface area contributed by atoms with Crippen LogP contribution in [0.2, 0.25) is 0 Å². The zero-order chi connectivity index (χ0) is 13.2. The van der Waals surface area contributed by atoms with Gasteiger partial charge in [-0.2, -0.15) is 5.26 Å². The first-order chi connectivity index (χ1) is 8.63. The van der Waals surface area contributed by atoms with Gasteiger partial charge in [0.1, 0.15) is 0 Å². The molecule has 0 radical (unpaired) electrons. The second-order valence-electron chi connectivity index (χ2n) is 4.29. The summed E-state index contributed by atoms with van der Waals surface area (Å²) < 4.78 is 0. The average molecular weight is 259 g/mol. The van der Waals surface area contributed by atoms with Crippen molar-refractivity contribution >= 4 is 23.1 Å². The SMILES string of the molecule is N#Cc1ccc(C2(CN=C=S)CC2)c([N+](=O)[O-])c1. The van der Waals surface area contributed by atoms with Gasteiger partial charge < -0.3 is 0 Å². The van der Waals surface area contributed by atoms with Gasteiger partial charge in [0, 0.05) is 17.0 Å². The first-order valence-electron chi connectivity index (χ1n) is 5.36. The number of nitrogens with zero attached hydrogens (tertiary/aromatic N) is 3. The summed E-state index contributed by atoms with van der Waals surface area (Å²) >= 11 is 4.53. The van der Waals surface area contributed by atoms with Gasteiger partial charge in [-0.25, -0.2) is 4.99 Å². The van der Waals surface area contributed by atoms with E-state index in [9.17, 15) is 10.1 Å². The molecule has 0 aliphatic heterocycles. The Morgan fingerprint density at radius 3 is 2.78 bits per heavy atom. The van der Waals surface area contributed by atoms with Crippen molar-refractivity contribution in [2.75, 3.05) is 6.54 Å². The molecule has 0 amide bonds. The summed E-state index contributed by atoms with van der Waals surface area (Å²) in [5.74, 6) is 0. The summed E-state index contributed by atoms with van der Waals surface area (Å²) in [4.78, 5) is 14.5. The van der Waals surface area contributed by atoms with Gasteiger partial charge in [0.05, 0.1) is 28.3 Å². The number of nitro benzene ring substituents is 1. The molecule has 6 heteroatoms. The van der Waals surface area contributed by atoms with Crippen LogP contribution in [0.5, 0.6) is 0 Å². The zero-order valence-electron chi connectivity index (χ0n) is 9.42. The van der Waals surface area contributed by atoms with Crippen LogP contribution in [0.25, 0.3) is 0 Å².